The zero-order valence-electron chi connectivity index (χ0n) is 14.8. The van der Waals surface area contributed by atoms with Crippen molar-refractivity contribution in [3.8, 4) is 0 Å². The number of carbonyl (C=O) groups excluding carboxylic acids is 2. The Balaban J connectivity index is 1.47. The maximum absolute atomic E-state index is 12.4. The molecule has 1 aromatic carbocycles. The molecule has 0 aliphatic carbocycles. The molecule has 1 aliphatic rings. The fourth-order valence-corrected chi connectivity index (χ4v) is 3.89. The zero-order chi connectivity index (χ0) is 18.5. The van der Waals surface area contributed by atoms with Crippen LogP contribution in [0.15, 0.2) is 40.5 Å². The van der Waals surface area contributed by atoms with Gasteiger partial charge in [0.15, 0.2) is 0 Å². The monoisotopic (exact) mass is 373 g/mol. The van der Waals surface area contributed by atoms with E-state index < -0.39 is 0 Å². The number of nitrogens with one attached hydrogen (secondary N) is 1. The second-order valence-corrected chi connectivity index (χ2v) is 7.41. The summed E-state index contributed by atoms with van der Waals surface area (Å²) >= 11 is 1.11. The lowest BCUT2D eigenvalue weighted by molar-refractivity contribution is -0.136. The summed E-state index contributed by atoms with van der Waals surface area (Å²) in [5.41, 5.74) is 1.88. The second kappa shape index (κ2) is 8.31. The van der Waals surface area contributed by atoms with Crippen molar-refractivity contribution in [1.29, 1.82) is 0 Å². The van der Waals surface area contributed by atoms with E-state index in [1.807, 2.05) is 37.3 Å². The minimum absolute atomic E-state index is 0.0471. The summed E-state index contributed by atoms with van der Waals surface area (Å²) in [5.74, 6) is -0.0732. The van der Waals surface area contributed by atoms with E-state index in [0.717, 1.165) is 22.6 Å². The Labute approximate surface area is 156 Å². The maximum atomic E-state index is 12.4. The average molecular weight is 373 g/mol. The van der Waals surface area contributed by atoms with Gasteiger partial charge < -0.3 is 10.2 Å². The van der Waals surface area contributed by atoms with Crippen LogP contribution < -0.4 is 10.2 Å². The number of hydrogen-bond donors (Lipinski definition) is 1. The number of benzene rings is 1. The molecule has 1 saturated heterocycles. The van der Waals surface area contributed by atoms with Crippen molar-refractivity contribution in [2.45, 2.75) is 32.9 Å². The molecule has 2 heterocycles. The van der Waals surface area contributed by atoms with Gasteiger partial charge in [0.05, 0.1) is 0 Å². The predicted molar refractivity (Wildman–Crippen MR) is 101 cm³/mol. The van der Waals surface area contributed by atoms with Crippen LogP contribution in [0, 0.1) is 12.8 Å². The van der Waals surface area contributed by atoms with E-state index >= 15 is 0 Å². The molecule has 2 aromatic rings. The van der Waals surface area contributed by atoms with Gasteiger partial charge in [0.1, 0.15) is 6.54 Å². The predicted octanol–water partition coefficient (Wildman–Crippen LogP) is 1.77. The van der Waals surface area contributed by atoms with E-state index in [9.17, 15) is 14.4 Å². The first-order valence-corrected chi connectivity index (χ1v) is 9.67. The van der Waals surface area contributed by atoms with Crippen LogP contribution in [0.25, 0.3) is 0 Å². The summed E-state index contributed by atoms with van der Waals surface area (Å²) in [4.78, 5) is 38.2. The Bertz CT molecular complexity index is 820. The number of rotatable bonds is 5. The van der Waals surface area contributed by atoms with Crippen LogP contribution in [0.4, 0.5) is 0 Å². The molecule has 1 aliphatic heterocycles. The highest BCUT2D eigenvalue weighted by molar-refractivity contribution is 7.07. The van der Waals surface area contributed by atoms with Crippen molar-refractivity contribution >= 4 is 23.2 Å². The Morgan fingerprint density at radius 1 is 1.19 bits per heavy atom. The van der Waals surface area contributed by atoms with Crippen LogP contribution in [-0.4, -0.2) is 34.4 Å². The Hall–Kier alpha value is -2.41. The summed E-state index contributed by atoms with van der Waals surface area (Å²) < 4.78 is 1.51. The van der Waals surface area contributed by atoms with E-state index in [-0.39, 0.29) is 29.1 Å². The smallest absolute Gasteiger partial charge is 0.307 e. The van der Waals surface area contributed by atoms with Crippen molar-refractivity contribution in [2.24, 2.45) is 5.92 Å². The molecule has 2 amide bonds. The molecular weight excluding hydrogens is 350 g/mol. The molecule has 3 rings (SSSR count). The van der Waals surface area contributed by atoms with E-state index in [0.29, 0.717) is 32.5 Å². The van der Waals surface area contributed by atoms with Gasteiger partial charge in [0.25, 0.3) is 0 Å². The number of likely N-dealkylation sites (tertiary alicyclic amines) is 1. The third-order valence-electron chi connectivity index (χ3n) is 4.80. The first kappa shape index (κ1) is 18.4. The third-order valence-corrected chi connectivity index (χ3v) is 5.68. The van der Waals surface area contributed by atoms with Crippen molar-refractivity contribution in [3.63, 3.8) is 0 Å². The molecule has 0 atom stereocenters. The highest BCUT2D eigenvalue weighted by Gasteiger charge is 2.27. The van der Waals surface area contributed by atoms with Crippen LogP contribution in [0.2, 0.25) is 0 Å². The number of hydrogen-bond acceptors (Lipinski definition) is 4. The second-order valence-electron chi connectivity index (χ2n) is 6.59. The Kier molecular flexibility index (Phi) is 5.88. The molecule has 138 valence electrons. The molecular formula is C19H23N3O3S. The lowest BCUT2D eigenvalue weighted by Crippen LogP contribution is -2.44. The van der Waals surface area contributed by atoms with Crippen LogP contribution >= 0.6 is 11.3 Å². The van der Waals surface area contributed by atoms with Gasteiger partial charge in [-0.1, -0.05) is 41.7 Å². The number of carbonyl (C=O) groups is 2. The molecule has 6 nitrogen and oxygen atoms in total. The van der Waals surface area contributed by atoms with Crippen LogP contribution in [0.5, 0.6) is 0 Å². The molecule has 1 fully saturated rings. The molecule has 1 aromatic heterocycles. The van der Waals surface area contributed by atoms with Gasteiger partial charge in [0.2, 0.25) is 11.8 Å². The third kappa shape index (κ3) is 4.40. The lowest BCUT2D eigenvalue weighted by Gasteiger charge is -2.31. The summed E-state index contributed by atoms with van der Waals surface area (Å²) in [5, 5.41) is 4.74. The van der Waals surface area contributed by atoms with Crippen LogP contribution in [0.1, 0.15) is 24.1 Å². The number of aromatic nitrogens is 1. The summed E-state index contributed by atoms with van der Waals surface area (Å²) in [6.45, 7) is 3.55. The number of nitrogens with zero attached hydrogens (tertiary/aromatic N) is 2. The topological polar surface area (TPSA) is 71.4 Å². The molecule has 0 radical (unpaired) electrons. The number of piperidine rings is 1. The van der Waals surface area contributed by atoms with Gasteiger partial charge in [0, 0.05) is 36.6 Å². The molecule has 0 bridgehead atoms. The Morgan fingerprint density at radius 2 is 1.88 bits per heavy atom. The van der Waals surface area contributed by atoms with Crippen molar-refractivity contribution < 1.29 is 9.59 Å². The molecule has 0 unspecified atom stereocenters. The van der Waals surface area contributed by atoms with E-state index in [4.69, 9.17) is 0 Å². The quantitative estimate of drug-likeness (QED) is 0.868. The van der Waals surface area contributed by atoms with Gasteiger partial charge in [-0.05, 0) is 25.3 Å². The highest BCUT2D eigenvalue weighted by Crippen LogP contribution is 2.18. The maximum Gasteiger partial charge on any atom is 0.307 e. The van der Waals surface area contributed by atoms with Crippen LogP contribution in [0.3, 0.4) is 0 Å². The van der Waals surface area contributed by atoms with Gasteiger partial charge in [-0.25, -0.2) is 0 Å². The SMILES string of the molecule is Cc1csc(=O)n1CC(=O)N1CCC(C(=O)NCc2ccccc2)CC1. The molecule has 1 N–H and O–H groups in total. The summed E-state index contributed by atoms with van der Waals surface area (Å²) in [6.07, 6.45) is 1.31. The minimum Gasteiger partial charge on any atom is -0.352 e. The fourth-order valence-electron chi connectivity index (χ4n) is 3.15. The molecule has 0 spiro atoms. The molecule has 7 heteroatoms. The van der Waals surface area contributed by atoms with E-state index in [1.165, 1.54) is 4.57 Å². The normalized spacial score (nSPS) is 15.0. The summed E-state index contributed by atoms with van der Waals surface area (Å²) in [7, 11) is 0. The molecule has 26 heavy (non-hydrogen) atoms. The largest absolute Gasteiger partial charge is 0.352 e. The van der Waals surface area contributed by atoms with Crippen LogP contribution in [-0.2, 0) is 22.7 Å². The van der Waals surface area contributed by atoms with Gasteiger partial charge >= 0.3 is 4.87 Å². The van der Waals surface area contributed by atoms with Crippen molar-refractivity contribution in [3.05, 3.63) is 56.6 Å². The standard InChI is InChI=1S/C19H23N3O3S/c1-14-13-26-19(25)22(14)12-17(23)21-9-7-16(8-10-21)18(24)20-11-15-5-3-2-4-6-15/h2-6,13,16H,7-12H2,1H3,(H,20,24). The lowest BCUT2D eigenvalue weighted by atomic mass is 9.95. The average Bonchev–Trinajstić information content (AvgIpc) is 2.99. The first-order valence-electron chi connectivity index (χ1n) is 8.79. The zero-order valence-corrected chi connectivity index (χ0v) is 15.6. The highest BCUT2D eigenvalue weighted by atomic mass is 32.1. The van der Waals surface area contributed by atoms with Crippen molar-refractivity contribution in [1.82, 2.24) is 14.8 Å². The Morgan fingerprint density at radius 3 is 2.50 bits per heavy atom. The minimum atomic E-state index is -0.106. The van der Waals surface area contributed by atoms with Crippen molar-refractivity contribution in [2.75, 3.05) is 13.1 Å². The number of aryl methyl sites for hydroxylation is 1. The van der Waals surface area contributed by atoms with Gasteiger partial charge in [-0.3, -0.25) is 19.0 Å². The van der Waals surface area contributed by atoms with E-state index in [2.05, 4.69) is 5.32 Å². The van der Waals surface area contributed by atoms with E-state index in [1.54, 1.807) is 10.3 Å². The fraction of sp³-hybridized carbons (Fsp3) is 0.421. The number of thiazole rings is 1. The number of amides is 2. The van der Waals surface area contributed by atoms with Gasteiger partial charge in [-0.2, -0.15) is 0 Å². The summed E-state index contributed by atoms with van der Waals surface area (Å²) in [6, 6.07) is 9.81. The molecule has 0 saturated carbocycles. The first-order chi connectivity index (χ1) is 12.5. The van der Waals surface area contributed by atoms with Gasteiger partial charge in [-0.15, -0.1) is 0 Å².